The molecular weight excluding hydrogens is 242 g/mol. The molecule has 1 unspecified atom stereocenters. The van der Waals surface area contributed by atoms with Crippen LogP contribution in [0, 0.1) is 0 Å². The van der Waals surface area contributed by atoms with Crippen LogP contribution < -0.4 is 0 Å². The normalized spacial score (nSPS) is 19.6. The lowest BCUT2D eigenvalue weighted by Gasteiger charge is -2.43. The zero-order chi connectivity index (χ0) is 13.9. The summed E-state index contributed by atoms with van der Waals surface area (Å²) in [5, 5.41) is 10.7. The number of imidazole rings is 1. The van der Waals surface area contributed by atoms with Crippen LogP contribution in [0.1, 0.15) is 39.1 Å². The van der Waals surface area contributed by atoms with E-state index >= 15 is 0 Å². The molecular formula is C14H25N3O2. The van der Waals surface area contributed by atoms with E-state index in [1.54, 1.807) is 6.20 Å². The molecule has 0 radical (unpaired) electrons. The Morgan fingerprint density at radius 2 is 2.11 bits per heavy atom. The van der Waals surface area contributed by atoms with E-state index in [0.717, 1.165) is 45.1 Å². The van der Waals surface area contributed by atoms with Crippen LogP contribution in [0.4, 0.5) is 0 Å². The van der Waals surface area contributed by atoms with Gasteiger partial charge < -0.3 is 14.4 Å². The smallest absolute Gasteiger partial charge is 0.139 e. The minimum atomic E-state index is -0.591. The van der Waals surface area contributed by atoms with Crippen molar-refractivity contribution in [3.63, 3.8) is 0 Å². The van der Waals surface area contributed by atoms with Crippen molar-refractivity contribution in [2.75, 3.05) is 26.3 Å². The molecule has 0 bridgehead atoms. The zero-order valence-corrected chi connectivity index (χ0v) is 12.2. The lowest BCUT2D eigenvalue weighted by molar-refractivity contribution is -0.0665. The number of aryl methyl sites for hydroxylation is 1. The second-order valence-corrected chi connectivity index (χ2v) is 5.63. The van der Waals surface area contributed by atoms with E-state index in [-0.39, 0.29) is 5.54 Å². The summed E-state index contributed by atoms with van der Waals surface area (Å²) in [4.78, 5) is 6.63. The molecule has 1 N–H and O–H groups in total. The Morgan fingerprint density at radius 1 is 1.42 bits per heavy atom. The lowest BCUT2D eigenvalue weighted by atomic mass is 9.93. The average molecular weight is 267 g/mol. The Labute approximate surface area is 115 Å². The largest absolute Gasteiger partial charge is 0.383 e. The first-order chi connectivity index (χ1) is 9.07. The van der Waals surface area contributed by atoms with Gasteiger partial charge in [-0.05, 0) is 20.3 Å². The van der Waals surface area contributed by atoms with Gasteiger partial charge >= 0.3 is 0 Å². The van der Waals surface area contributed by atoms with Gasteiger partial charge in [0.2, 0.25) is 0 Å². The molecule has 0 amide bonds. The van der Waals surface area contributed by atoms with Crippen LogP contribution in [-0.2, 0) is 11.3 Å². The van der Waals surface area contributed by atoms with Crippen molar-refractivity contribution in [1.82, 2.24) is 14.5 Å². The molecule has 1 saturated heterocycles. The van der Waals surface area contributed by atoms with Crippen molar-refractivity contribution in [1.29, 1.82) is 0 Å². The molecule has 5 heteroatoms. The predicted octanol–water partition coefficient (Wildman–Crippen LogP) is 1.44. The molecule has 19 heavy (non-hydrogen) atoms. The van der Waals surface area contributed by atoms with Gasteiger partial charge in [0.15, 0.2) is 0 Å². The predicted molar refractivity (Wildman–Crippen MR) is 73.9 cm³/mol. The molecule has 0 aliphatic carbocycles. The van der Waals surface area contributed by atoms with Crippen molar-refractivity contribution in [3.05, 3.63) is 18.2 Å². The number of aromatic nitrogens is 2. The first kappa shape index (κ1) is 14.5. The van der Waals surface area contributed by atoms with Crippen LogP contribution in [0.25, 0.3) is 0 Å². The van der Waals surface area contributed by atoms with Crippen LogP contribution in [0.15, 0.2) is 12.4 Å². The summed E-state index contributed by atoms with van der Waals surface area (Å²) in [7, 11) is 0. The van der Waals surface area contributed by atoms with Crippen molar-refractivity contribution in [2.24, 2.45) is 0 Å². The maximum absolute atomic E-state index is 10.7. The molecule has 1 aromatic heterocycles. The van der Waals surface area contributed by atoms with Crippen molar-refractivity contribution in [3.8, 4) is 0 Å². The summed E-state index contributed by atoms with van der Waals surface area (Å²) in [5.41, 5.74) is -0.333. The first-order valence-corrected chi connectivity index (χ1v) is 7.09. The van der Waals surface area contributed by atoms with Gasteiger partial charge in [0.25, 0.3) is 0 Å². The van der Waals surface area contributed by atoms with Gasteiger partial charge in [0, 0.05) is 37.6 Å². The van der Waals surface area contributed by atoms with Gasteiger partial charge in [-0.25, -0.2) is 4.98 Å². The molecule has 1 aliphatic heterocycles. The molecule has 1 aliphatic rings. The second-order valence-electron chi connectivity index (χ2n) is 5.63. The fraction of sp³-hybridized carbons (Fsp3) is 0.786. The number of aliphatic hydroxyl groups excluding tert-OH is 1. The SMILES string of the molecule is CCCn1ccnc1C(O)C(C)(C)N1CCOCC1. The molecule has 1 fully saturated rings. The second kappa shape index (κ2) is 6.03. The van der Waals surface area contributed by atoms with E-state index in [9.17, 15) is 5.11 Å². The van der Waals surface area contributed by atoms with E-state index in [2.05, 4.69) is 30.7 Å². The average Bonchev–Trinajstić information content (AvgIpc) is 2.87. The maximum Gasteiger partial charge on any atom is 0.139 e. The Morgan fingerprint density at radius 3 is 2.74 bits per heavy atom. The summed E-state index contributed by atoms with van der Waals surface area (Å²) in [5.74, 6) is 0.762. The molecule has 2 heterocycles. The third-order valence-corrected chi connectivity index (χ3v) is 3.95. The van der Waals surface area contributed by atoms with Crippen LogP contribution in [0.2, 0.25) is 0 Å². The monoisotopic (exact) mass is 267 g/mol. The van der Waals surface area contributed by atoms with Gasteiger partial charge in [-0.3, -0.25) is 4.90 Å². The quantitative estimate of drug-likeness (QED) is 0.877. The van der Waals surface area contributed by atoms with Crippen LogP contribution in [0.5, 0.6) is 0 Å². The first-order valence-electron chi connectivity index (χ1n) is 7.09. The van der Waals surface area contributed by atoms with E-state index in [4.69, 9.17) is 4.74 Å². The molecule has 2 rings (SSSR count). The van der Waals surface area contributed by atoms with E-state index < -0.39 is 6.10 Å². The Bertz CT molecular complexity index is 397. The minimum Gasteiger partial charge on any atom is -0.383 e. The highest BCUT2D eigenvalue weighted by molar-refractivity contribution is 5.05. The summed E-state index contributed by atoms with van der Waals surface area (Å²) in [6.07, 6.45) is 4.15. The van der Waals surface area contributed by atoms with Crippen molar-refractivity contribution < 1.29 is 9.84 Å². The number of morpholine rings is 1. The maximum atomic E-state index is 10.7. The van der Waals surface area contributed by atoms with Gasteiger partial charge in [-0.2, -0.15) is 0 Å². The van der Waals surface area contributed by atoms with Gasteiger partial charge in [-0.15, -0.1) is 0 Å². The van der Waals surface area contributed by atoms with Crippen LogP contribution in [-0.4, -0.2) is 51.4 Å². The number of nitrogens with zero attached hydrogens (tertiary/aromatic N) is 3. The Balaban J connectivity index is 2.16. The minimum absolute atomic E-state index is 0.333. The lowest BCUT2D eigenvalue weighted by Crippen LogP contribution is -2.53. The highest BCUT2D eigenvalue weighted by Crippen LogP contribution is 2.30. The molecule has 0 aromatic carbocycles. The van der Waals surface area contributed by atoms with Gasteiger partial charge in [-0.1, -0.05) is 6.92 Å². The Kier molecular flexibility index (Phi) is 4.60. The molecule has 0 spiro atoms. The molecule has 5 nitrogen and oxygen atoms in total. The van der Waals surface area contributed by atoms with Crippen LogP contribution in [0.3, 0.4) is 0 Å². The molecule has 108 valence electrons. The summed E-state index contributed by atoms with van der Waals surface area (Å²) in [6, 6.07) is 0. The fourth-order valence-electron chi connectivity index (χ4n) is 2.63. The molecule has 1 atom stereocenters. The number of hydrogen-bond donors (Lipinski definition) is 1. The van der Waals surface area contributed by atoms with Crippen molar-refractivity contribution >= 4 is 0 Å². The summed E-state index contributed by atoms with van der Waals surface area (Å²) >= 11 is 0. The number of aliphatic hydroxyl groups is 1. The number of ether oxygens (including phenoxy) is 1. The standard InChI is InChI=1S/C14H25N3O2/c1-4-6-16-7-5-15-13(16)12(18)14(2,3)17-8-10-19-11-9-17/h5,7,12,18H,4,6,8-11H2,1-3H3. The number of rotatable bonds is 5. The van der Waals surface area contributed by atoms with E-state index in [0.29, 0.717) is 0 Å². The van der Waals surface area contributed by atoms with Gasteiger partial charge in [0.1, 0.15) is 11.9 Å². The highest BCUT2D eigenvalue weighted by Gasteiger charge is 2.38. The summed E-state index contributed by atoms with van der Waals surface area (Å²) < 4.78 is 7.43. The fourth-order valence-corrected chi connectivity index (χ4v) is 2.63. The van der Waals surface area contributed by atoms with Crippen molar-refractivity contribution in [2.45, 2.75) is 45.4 Å². The van der Waals surface area contributed by atoms with Gasteiger partial charge in [0.05, 0.1) is 13.2 Å². The topological polar surface area (TPSA) is 50.5 Å². The van der Waals surface area contributed by atoms with E-state index in [1.165, 1.54) is 0 Å². The summed E-state index contributed by atoms with van der Waals surface area (Å²) in [6.45, 7) is 10.4. The third kappa shape index (κ3) is 2.99. The highest BCUT2D eigenvalue weighted by atomic mass is 16.5. The van der Waals surface area contributed by atoms with E-state index in [1.807, 2.05) is 10.8 Å². The molecule has 1 aromatic rings. The Hall–Kier alpha value is -0.910. The number of hydrogen-bond acceptors (Lipinski definition) is 4. The zero-order valence-electron chi connectivity index (χ0n) is 12.2. The molecule has 0 saturated carbocycles. The third-order valence-electron chi connectivity index (χ3n) is 3.95. The van der Waals surface area contributed by atoms with Crippen LogP contribution >= 0.6 is 0 Å².